The molecule has 2 aromatic carbocycles. The van der Waals surface area contributed by atoms with Gasteiger partial charge in [-0.05, 0) is 18.6 Å². The van der Waals surface area contributed by atoms with Crippen LogP contribution < -0.4 is 20.1 Å². The van der Waals surface area contributed by atoms with E-state index in [4.69, 9.17) is 21.1 Å². The second-order valence-corrected chi connectivity index (χ2v) is 6.25. The number of ether oxygens (including phenoxy) is 2. The van der Waals surface area contributed by atoms with Crippen molar-refractivity contribution in [2.24, 2.45) is 0 Å². The summed E-state index contributed by atoms with van der Waals surface area (Å²) in [5.41, 5.74) is 1.94. The van der Waals surface area contributed by atoms with Crippen molar-refractivity contribution in [3.63, 3.8) is 0 Å². The molecule has 136 valence electrons. The van der Waals surface area contributed by atoms with Crippen LogP contribution in [0, 0.1) is 6.92 Å². The van der Waals surface area contributed by atoms with Crippen molar-refractivity contribution in [2.75, 3.05) is 25.1 Å². The minimum Gasteiger partial charge on any atom is -0.486 e. The van der Waals surface area contributed by atoms with E-state index in [1.54, 1.807) is 24.3 Å². The summed E-state index contributed by atoms with van der Waals surface area (Å²) in [7, 11) is 0. The van der Waals surface area contributed by atoms with E-state index in [2.05, 4.69) is 10.6 Å². The van der Waals surface area contributed by atoms with Crippen LogP contribution >= 0.6 is 11.6 Å². The summed E-state index contributed by atoms with van der Waals surface area (Å²) in [6.45, 7) is 3.01. The molecule has 0 aliphatic carbocycles. The molecule has 7 heteroatoms. The number of carbonyl (C=O) groups excluding carboxylic acids is 2. The van der Waals surface area contributed by atoms with Gasteiger partial charge in [-0.3, -0.25) is 9.59 Å². The van der Waals surface area contributed by atoms with Crippen LogP contribution in [0.1, 0.15) is 22.3 Å². The van der Waals surface area contributed by atoms with Gasteiger partial charge in [0, 0.05) is 30.7 Å². The number of amides is 2. The zero-order chi connectivity index (χ0) is 18.5. The minimum atomic E-state index is -0.256. The first-order valence-corrected chi connectivity index (χ1v) is 8.65. The number of hydrogen-bond acceptors (Lipinski definition) is 4. The Bertz CT molecular complexity index is 838. The predicted octanol–water partition coefficient (Wildman–Crippen LogP) is 3.18. The summed E-state index contributed by atoms with van der Waals surface area (Å²) in [6, 6.07) is 10.5. The third-order valence-corrected chi connectivity index (χ3v) is 4.25. The highest BCUT2D eigenvalue weighted by Gasteiger charge is 2.16. The number of nitrogens with one attached hydrogen (secondary N) is 2. The lowest BCUT2D eigenvalue weighted by molar-refractivity contribution is -0.116. The molecule has 0 saturated heterocycles. The average molecular weight is 375 g/mol. The van der Waals surface area contributed by atoms with Gasteiger partial charge in [0.05, 0.1) is 10.7 Å². The molecule has 0 atom stereocenters. The molecule has 6 nitrogen and oxygen atoms in total. The summed E-state index contributed by atoms with van der Waals surface area (Å²) in [5, 5.41) is 5.84. The molecule has 2 amide bonds. The Hall–Kier alpha value is -2.73. The summed E-state index contributed by atoms with van der Waals surface area (Å²) >= 11 is 6.17. The average Bonchev–Trinajstić information content (AvgIpc) is 2.62. The summed E-state index contributed by atoms with van der Waals surface area (Å²) in [6.07, 6.45) is 0.127. The lowest BCUT2D eigenvalue weighted by Gasteiger charge is -2.20. The van der Waals surface area contributed by atoms with Gasteiger partial charge in [0.2, 0.25) is 5.91 Å². The number of fused-ring (bicyclic) bond motifs is 1. The predicted molar refractivity (Wildman–Crippen MR) is 99.2 cm³/mol. The zero-order valence-corrected chi connectivity index (χ0v) is 15.1. The molecular weight excluding hydrogens is 356 g/mol. The van der Waals surface area contributed by atoms with E-state index < -0.39 is 0 Å². The van der Waals surface area contributed by atoms with E-state index in [0.29, 0.717) is 41.0 Å². The topological polar surface area (TPSA) is 76.7 Å². The van der Waals surface area contributed by atoms with Crippen molar-refractivity contribution in [3.05, 3.63) is 52.5 Å². The summed E-state index contributed by atoms with van der Waals surface area (Å²) < 4.78 is 10.9. The lowest BCUT2D eigenvalue weighted by Crippen LogP contribution is -2.28. The normalized spacial score (nSPS) is 12.4. The largest absolute Gasteiger partial charge is 0.486 e. The van der Waals surface area contributed by atoms with E-state index in [9.17, 15) is 9.59 Å². The number of benzene rings is 2. The van der Waals surface area contributed by atoms with Gasteiger partial charge < -0.3 is 20.1 Å². The molecule has 0 aromatic heterocycles. The fourth-order valence-electron chi connectivity index (χ4n) is 2.58. The number of halogens is 1. The molecule has 0 spiro atoms. The van der Waals surface area contributed by atoms with Crippen LogP contribution in [0.3, 0.4) is 0 Å². The number of anilines is 1. The SMILES string of the molecule is Cc1ccccc1C(=O)NCCC(=O)Nc1cc2c(cc1Cl)OCCO2. The van der Waals surface area contributed by atoms with E-state index >= 15 is 0 Å². The monoisotopic (exact) mass is 374 g/mol. The minimum absolute atomic E-state index is 0.127. The molecule has 0 radical (unpaired) electrons. The van der Waals surface area contributed by atoms with Crippen LogP contribution in [0.25, 0.3) is 0 Å². The Morgan fingerprint density at radius 3 is 2.54 bits per heavy atom. The van der Waals surface area contributed by atoms with Gasteiger partial charge >= 0.3 is 0 Å². The highest BCUT2D eigenvalue weighted by atomic mass is 35.5. The van der Waals surface area contributed by atoms with Gasteiger partial charge in [0.25, 0.3) is 5.91 Å². The summed E-state index contributed by atoms with van der Waals surface area (Å²) in [5.74, 6) is 0.649. The van der Waals surface area contributed by atoms with Crippen molar-refractivity contribution in [2.45, 2.75) is 13.3 Å². The van der Waals surface area contributed by atoms with E-state index in [1.165, 1.54) is 0 Å². The van der Waals surface area contributed by atoms with Gasteiger partial charge in [0.15, 0.2) is 11.5 Å². The van der Waals surface area contributed by atoms with Crippen molar-refractivity contribution in [1.82, 2.24) is 5.32 Å². The molecular formula is C19H19ClN2O4. The Morgan fingerprint density at radius 1 is 1.12 bits per heavy atom. The van der Waals surface area contributed by atoms with Gasteiger partial charge in [-0.25, -0.2) is 0 Å². The molecule has 26 heavy (non-hydrogen) atoms. The van der Waals surface area contributed by atoms with E-state index in [-0.39, 0.29) is 24.8 Å². The second-order valence-electron chi connectivity index (χ2n) is 5.84. The fraction of sp³-hybridized carbons (Fsp3) is 0.263. The molecule has 1 aliphatic heterocycles. The highest BCUT2D eigenvalue weighted by molar-refractivity contribution is 6.34. The first kappa shape index (κ1) is 18.1. The van der Waals surface area contributed by atoms with Gasteiger partial charge in [-0.1, -0.05) is 29.8 Å². The molecule has 3 rings (SSSR count). The van der Waals surface area contributed by atoms with E-state index in [1.807, 2.05) is 19.1 Å². The maximum Gasteiger partial charge on any atom is 0.251 e. The molecule has 0 saturated carbocycles. The molecule has 0 fully saturated rings. The molecule has 2 aromatic rings. The Morgan fingerprint density at radius 2 is 1.81 bits per heavy atom. The molecule has 0 bridgehead atoms. The lowest BCUT2D eigenvalue weighted by atomic mass is 10.1. The Balaban J connectivity index is 1.53. The molecule has 0 unspecified atom stereocenters. The van der Waals surface area contributed by atoms with Crippen LogP contribution in [0.4, 0.5) is 5.69 Å². The third-order valence-electron chi connectivity index (χ3n) is 3.93. The van der Waals surface area contributed by atoms with Crippen molar-refractivity contribution in [1.29, 1.82) is 0 Å². The third kappa shape index (κ3) is 4.26. The quantitative estimate of drug-likeness (QED) is 0.842. The van der Waals surface area contributed by atoms with Gasteiger partial charge in [-0.2, -0.15) is 0 Å². The van der Waals surface area contributed by atoms with Crippen molar-refractivity contribution >= 4 is 29.1 Å². The smallest absolute Gasteiger partial charge is 0.251 e. The van der Waals surface area contributed by atoms with Gasteiger partial charge in [0.1, 0.15) is 13.2 Å². The maximum atomic E-state index is 12.1. The standard InChI is InChI=1S/C19H19ClN2O4/c1-12-4-2-3-5-13(12)19(24)21-7-6-18(23)22-15-11-17-16(10-14(15)20)25-8-9-26-17/h2-5,10-11H,6-9H2,1H3,(H,21,24)(H,22,23). The van der Waals surface area contributed by atoms with Crippen LogP contribution in [0.5, 0.6) is 11.5 Å². The van der Waals surface area contributed by atoms with Crippen LogP contribution in [-0.2, 0) is 4.79 Å². The van der Waals surface area contributed by atoms with Crippen LogP contribution in [0.2, 0.25) is 5.02 Å². The van der Waals surface area contributed by atoms with E-state index in [0.717, 1.165) is 5.56 Å². The first-order valence-electron chi connectivity index (χ1n) is 8.27. The Kier molecular flexibility index (Phi) is 5.63. The van der Waals surface area contributed by atoms with Crippen LogP contribution in [-0.4, -0.2) is 31.6 Å². The van der Waals surface area contributed by atoms with Gasteiger partial charge in [-0.15, -0.1) is 0 Å². The molecule has 1 heterocycles. The zero-order valence-electron chi connectivity index (χ0n) is 14.3. The maximum absolute atomic E-state index is 12.1. The number of rotatable bonds is 5. The molecule has 1 aliphatic rings. The molecule has 2 N–H and O–H groups in total. The van der Waals surface area contributed by atoms with Crippen molar-refractivity contribution in [3.8, 4) is 11.5 Å². The number of aryl methyl sites for hydroxylation is 1. The highest BCUT2D eigenvalue weighted by Crippen LogP contribution is 2.37. The second kappa shape index (κ2) is 8.10. The first-order chi connectivity index (χ1) is 12.5. The Labute approximate surface area is 156 Å². The number of carbonyl (C=O) groups is 2. The van der Waals surface area contributed by atoms with Crippen molar-refractivity contribution < 1.29 is 19.1 Å². The fourth-order valence-corrected chi connectivity index (χ4v) is 2.79. The number of hydrogen-bond donors (Lipinski definition) is 2. The van der Waals surface area contributed by atoms with Crippen LogP contribution in [0.15, 0.2) is 36.4 Å². The summed E-state index contributed by atoms with van der Waals surface area (Å²) in [4.78, 5) is 24.3.